The van der Waals surface area contributed by atoms with Gasteiger partial charge in [-0.15, -0.1) is 0 Å². The van der Waals surface area contributed by atoms with Crippen LogP contribution in [0.25, 0.3) is 17.4 Å². The van der Waals surface area contributed by atoms with Gasteiger partial charge in [0.15, 0.2) is 0 Å². The van der Waals surface area contributed by atoms with Crippen LogP contribution in [-0.4, -0.2) is 24.4 Å². The van der Waals surface area contributed by atoms with Gasteiger partial charge in [0.05, 0.1) is 17.9 Å². The van der Waals surface area contributed by atoms with E-state index in [0.717, 1.165) is 10.6 Å². The molecule has 1 aliphatic rings. The van der Waals surface area contributed by atoms with Crippen molar-refractivity contribution in [3.05, 3.63) is 82.6 Å². The number of rotatable bonds is 5. The monoisotopic (exact) mass is 436 g/mol. The maximum atomic E-state index is 12.7. The first-order valence-corrected chi connectivity index (χ1v) is 9.84. The van der Waals surface area contributed by atoms with Gasteiger partial charge in [-0.1, -0.05) is 23.7 Å². The summed E-state index contributed by atoms with van der Waals surface area (Å²) < 4.78 is 10.7. The molecule has 1 fully saturated rings. The number of hydrogen-bond donors (Lipinski definition) is 1. The van der Waals surface area contributed by atoms with E-state index < -0.39 is 17.8 Å². The van der Waals surface area contributed by atoms with Crippen LogP contribution in [0.2, 0.25) is 5.02 Å². The van der Waals surface area contributed by atoms with Crippen LogP contribution in [0, 0.1) is 0 Å². The van der Waals surface area contributed by atoms with Crippen LogP contribution in [0.4, 0.5) is 5.69 Å². The Morgan fingerprint density at radius 2 is 1.77 bits per heavy atom. The molecule has 156 valence electrons. The highest BCUT2D eigenvalue weighted by atomic mass is 35.5. The molecule has 0 saturated carbocycles. The molecule has 7 nitrogen and oxygen atoms in total. The maximum absolute atomic E-state index is 12.7. The SMILES string of the molecule is CCOC(=O)c1ccc(-c2ccc(C=C3C(=O)NN(c4ccc(Cl)cc4)C3=O)o2)cc1. The Balaban J connectivity index is 1.54. The van der Waals surface area contributed by atoms with E-state index in [9.17, 15) is 14.4 Å². The highest BCUT2D eigenvalue weighted by molar-refractivity contribution is 6.32. The van der Waals surface area contributed by atoms with Crippen molar-refractivity contribution in [1.82, 2.24) is 5.43 Å². The summed E-state index contributed by atoms with van der Waals surface area (Å²) in [6, 6.07) is 16.7. The van der Waals surface area contributed by atoms with Gasteiger partial charge in [0.25, 0.3) is 11.8 Å². The molecule has 2 amide bonds. The van der Waals surface area contributed by atoms with Gasteiger partial charge in [-0.25, -0.2) is 9.80 Å². The summed E-state index contributed by atoms with van der Waals surface area (Å²) in [5.41, 5.74) is 4.15. The van der Waals surface area contributed by atoms with Crippen molar-refractivity contribution in [2.24, 2.45) is 0 Å². The Morgan fingerprint density at radius 3 is 2.45 bits per heavy atom. The fraction of sp³-hybridized carbons (Fsp3) is 0.0870. The van der Waals surface area contributed by atoms with E-state index in [1.807, 2.05) is 0 Å². The molecule has 0 bridgehead atoms. The first-order valence-electron chi connectivity index (χ1n) is 9.46. The summed E-state index contributed by atoms with van der Waals surface area (Å²) in [5.74, 6) is -0.542. The zero-order valence-electron chi connectivity index (χ0n) is 16.4. The van der Waals surface area contributed by atoms with Crippen LogP contribution in [0.3, 0.4) is 0 Å². The molecule has 1 saturated heterocycles. The second-order valence-corrected chi connectivity index (χ2v) is 7.05. The van der Waals surface area contributed by atoms with Crippen molar-refractivity contribution in [2.45, 2.75) is 6.92 Å². The number of nitrogens with zero attached hydrogens (tertiary/aromatic N) is 1. The number of nitrogens with one attached hydrogen (secondary N) is 1. The molecule has 0 spiro atoms. The molecular weight excluding hydrogens is 420 g/mol. The van der Waals surface area contributed by atoms with E-state index in [0.29, 0.717) is 34.4 Å². The number of anilines is 1. The van der Waals surface area contributed by atoms with E-state index in [-0.39, 0.29) is 5.57 Å². The molecule has 2 aromatic carbocycles. The van der Waals surface area contributed by atoms with Crippen molar-refractivity contribution < 1.29 is 23.5 Å². The normalized spacial score (nSPS) is 14.8. The molecule has 0 unspecified atom stereocenters. The largest absolute Gasteiger partial charge is 0.462 e. The average Bonchev–Trinajstić information content (AvgIpc) is 3.35. The van der Waals surface area contributed by atoms with Gasteiger partial charge >= 0.3 is 5.97 Å². The summed E-state index contributed by atoms with van der Waals surface area (Å²) in [7, 11) is 0. The lowest BCUT2D eigenvalue weighted by Gasteiger charge is -2.14. The van der Waals surface area contributed by atoms with Crippen molar-refractivity contribution in [3.8, 4) is 11.3 Å². The minimum atomic E-state index is -0.531. The zero-order chi connectivity index (χ0) is 22.0. The number of carbonyl (C=O) groups excluding carboxylic acids is 3. The smallest absolute Gasteiger partial charge is 0.338 e. The quantitative estimate of drug-likeness (QED) is 0.367. The van der Waals surface area contributed by atoms with Gasteiger partial charge in [0.1, 0.15) is 17.1 Å². The van der Waals surface area contributed by atoms with Gasteiger partial charge in [0.2, 0.25) is 0 Å². The summed E-state index contributed by atoms with van der Waals surface area (Å²) in [6.45, 7) is 2.05. The highest BCUT2D eigenvalue weighted by Gasteiger charge is 2.34. The molecule has 2 heterocycles. The predicted octanol–water partition coefficient (Wildman–Crippen LogP) is 4.24. The number of benzene rings is 2. The Bertz CT molecular complexity index is 1180. The second-order valence-electron chi connectivity index (χ2n) is 6.62. The number of esters is 1. The molecule has 1 aliphatic heterocycles. The molecule has 3 aromatic rings. The van der Waals surface area contributed by atoms with Crippen molar-refractivity contribution in [1.29, 1.82) is 0 Å². The summed E-state index contributed by atoms with van der Waals surface area (Å²) in [5, 5.41) is 1.68. The molecular formula is C23H17ClN2O5. The fourth-order valence-electron chi connectivity index (χ4n) is 3.04. The lowest BCUT2D eigenvalue weighted by Crippen LogP contribution is -2.35. The topological polar surface area (TPSA) is 88.9 Å². The van der Waals surface area contributed by atoms with Gasteiger partial charge in [-0.2, -0.15) is 0 Å². The van der Waals surface area contributed by atoms with E-state index >= 15 is 0 Å². The molecule has 4 rings (SSSR count). The zero-order valence-corrected chi connectivity index (χ0v) is 17.2. The second kappa shape index (κ2) is 8.49. The number of carbonyl (C=O) groups is 3. The van der Waals surface area contributed by atoms with Gasteiger partial charge in [-0.3, -0.25) is 15.0 Å². The first kappa shape index (κ1) is 20.4. The minimum Gasteiger partial charge on any atom is -0.462 e. The van der Waals surface area contributed by atoms with E-state index in [1.54, 1.807) is 67.6 Å². The van der Waals surface area contributed by atoms with E-state index in [4.69, 9.17) is 20.8 Å². The third kappa shape index (κ3) is 4.22. The van der Waals surface area contributed by atoms with Crippen molar-refractivity contribution >= 4 is 41.1 Å². The average molecular weight is 437 g/mol. The van der Waals surface area contributed by atoms with Crippen LogP contribution >= 0.6 is 11.6 Å². The first-order chi connectivity index (χ1) is 15.0. The Kier molecular flexibility index (Phi) is 5.60. The van der Waals surface area contributed by atoms with Crippen molar-refractivity contribution in [3.63, 3.8) is 0 Å². The summed E-state index contributed by atoms with van der Waals surface area (Å²) in [6.07, 6.45) is 1.39. The predicted molar refractivity (Wildman–Crippen MR) is 115 cm³/mol. The van der Waals surface area contributed by atoms with E-state index in [2.05, 4.69) is 5.43 Å². The molecule has 1 N–H and O–H groups in total. The Morgan fingerprint density at radius 1 is 1.06 bits per heavy atom. The van der Waals surface area contributed by atoms with E-state index in [1.165, 1.54) is 6.08 Å². The summed E-state index contributed by atoms with van der Waals surface area (Å²) in [4.78, 5) is 36.8. The molecule has 0 aliphatic carbocycles. The number of halogens is 1. The van der Waals surface area contributed by atoms with Crippen LogP contribution in [0.5, 0.6) is 0 Å². The molecule has 0 radical (unpaired) electrons. The number of furan rings is 1. The number of hydrogen-bond acceptors (Lipinski definition) is 5. The minimum absolute atomic E-state index is 0.0477. The number of hydrazine groups is 1. The van der Waals surface area contributed by atoms with Crippen LogP contribution in [-0.2, 0) is 14.3 Å². The number of ether oxygens (including phenoxy) is 1. The Hall–Kier alpha value is -3.84. The lowest BCUT2D eigenvalue weighted by atomic mass is 10.1. The number of amides is 2. The van der Waals surface area contributed by atoms with Crippen LogP contribution < -0.4 is 10.4 Å². The standard InChI is InChI=1S/C23H17ClN2O5/c1-2-30-23(29)15-5-3-14(4-6-15)20-12-11-18(31-20)13-19-21(27)25-26(22(19)28)17-9-7-16(24)8-10-17/h3-13H,2H2,1H3,(H,25,27). The lowest BCUT2D eigenvalue weighted by molar-refractivity contribution is -0.117. The van der Waals surface area contributed by atoms with Crippen LogP contribution in [0.15, 0.2) is 70.7 Å². The maximum Gasteiger partial charge on any atom is 0.338 e. The third-order valence-corrected chi connectivity index (χ3v) is 4.82. The van der Waals surface area contributed by atoms with Crippen LogP contribution in [0.1, 0.15) is 23.0 Å². The highest BCUT2D eigenvalue weighted by Crippen LogP contribution is 2.26. The van der Waals surface area contributed by atoms with Gasteiger partial charge < -0.3 is 9.15 Å². The van der Waals surface area contributed by atoms with Crippen molar-refractivity contribution in [2.75, 3.05) is 11.6 Å². The fourth-order valence-corrected chi connectivity index (χ4v) is 3.17. The van der Waals surface area contributed by atoms with Gasteiger partial charge in [-0.05, 0) is 61.5 Å². The molecule has 31 heavy (non-hydrogen) atoms. The summed E-state index contributed by atoms with van der Waals surface area (Å²) >= 11 is 5.87. The van der Waals surface area contributed by atoms with Gasteiger partial charge in [0, 0.05) is 10.6 Å². The Labute approximate surface area is 182 Å². The molecule has 1 aromatic heterocycles. The molecule has 0 atom stereocenters. The molecule has 8 heteroatoms. The third-order valence-electron chi connectivity index (χ3n) is 4.57.